The molecule has 1 atom stereocenters. The molecule has 0 heterocycles. The maximum Gasteiger partial charge on any atom is 0.334 e. The average molecular weight is 205 g/mol. The van der Waals surface area contributed by atoms with Crippen molar-refractivity contribution in [3.05, 3.63) is 0 Å². The first-order chi connectivity index (χ1) is 6.57. The fraction of sp³-hybridized carbons (Fsp3) is 0.750. The zero-order valence-corrected chi connectivity index (χ0v) is 8.02. The summed E-state index contributed by atoms with van der Waals surface area (Å²) in [6, 6.07) is 0. The summed E-state index contributed by atoms with van der Waals surface area (Å²) in [7, 11) is 0. The number of rotatable bonds is 7. The fourth-order valence-electron chi connectivity index (χ4n) is 0.695. The Morgan fingerprint density at radius 2 is 2.14 bits per heavy atom. The van der Waals surface area contributed by atoms with E-state index in [9.17, 15) is 9.59 Å². The number of hydrogen-bond donors (Lipinski definition) is 3. The molecule has 82 valence electrons. The second-order valence-corrected chi connectivity index (χ2v) is 2.61. The lowest BCUT2D eigenvalue weighted by atomic mass is 10.3. The van der Waals surface area contributed by atoms with E-state index in [0.29, 0.717) is 13.2 Å². The molecule has 0 aromatic rings. The molecule has 0 aliphatic heterocycles. The lowest BCUT2D eigenvalue weighted by Crippen LogP contribution is -2.36. The van der Waals surface area contributed by atoms with Crippen molar-refractivity contribution in [2.24, 2.45) is 0 Å². The van der Waals surface area contributed by atoms with Gasteiger partial charge in [0.25, 0.3) is 0 Å². The lowest BCUT2D eigenvalue weighted by molar-refractivity contribution is -0.146. The predicted octanol–water partition coefficient (Wildman–Crippen LogP) is -1.03. The van der Waals surface area contributed by atoms with Crippen LogP contribution in [0.2, 0.25) is 0 Å². The Balaban J connectivity index is 3.48. The molecule has 0 spiro atoms. The van der Waals surface area contributed by atoms with Crippen LogP contribution in [0.15, 0.2) is 0 Å². The normalized spacial score (nSPS) is 12.1. The van der Waals surface area contributed by atoms with Gasteiger partial charge < -0.3 is 20.3 Å². The standard InChI is InChI=1S/C8H15NO5/c1-2-14-4-3-7(11)9-5-6(10)8(12)13/h6,10H,2-5H2,1H3,(H,9,11)(H,12,13)/t6-/m0/s1. The first-order valence-electron chi connectivity index (χ1n) is 4.33. The van der Waals surface area contributed by atoms with Crippen LogP contribution in [0.5, 0.6) is 0 Å². The Morgan fingerprint density at radius 3 is 2.64 bits per heavy atom. The highest BCUT2D eigenvalue weighted by Gasteiger charge is 2.13. The number of aliphatic hydroxyl groups is 1. The molecule has 14 heavy (non-hydrogen) atoms. The van der Waals surface area contributed by atoms with Crippen LogP contribution < -0.4 is 5.32 Å². The van der Waals surface area contributed by atoms with Gasteiger partial charge >= 0.3 is 5.97 Å². The van der Waals surface area contributed by atoms with E-state index in [1.165, 1.54) is 0 Å². The number of carboxylic acid groups (broad SMARTS) is 1. The summed E-state index contributed by atoms with van der Waals surface area (Å²) < 4.78 is 4.92. The zero-order valence-electron chi connectivity index (χ0n) is 8.02. The summed E-state index contributed by atoms with van der Waals surface area (Å²) in [5, 5.41) is 19.4. The topological polar surface area (TPSA) is 95.9 Å². The Bertz CT molecular complexity index is 194. The van der Waals surface area contributed by atoms with Gasteiger partial charge in [0.1, 0.15) is 0 Å². The third-order valence-electron chi connectivity index (χ3n) is 1.46. The molecule has 0 aromatic heterocycles. The number of nitrogens with one attached hydrogen (secondary N) is 1. The van der Waals surface area contributed by atoms with Crippen LogP contribution in [-0.4, -0.2) is 48.0 Å². The molecule has 0 saturated heterocycles. The van der Waals surface area contributed by atoms with Crippen LogP contribution in [0.1, 0.15) is 13.3 Å². The fourth-order valence-corrected chi connectivity index (χ4v) is 0.695. The molecule has 0 aromatic carbocycles. The third-order valence-corrected chi connectivity index (χ3v) is 1.46. The van der Waals surface area contributed by atoms with E-state index in [1.807, 2.05) is 6.92 Å². The van der Waals surface area contributed by atoms with E-state index >= 15 is 0 Å². The molecule has 6 heteroatoms. The van der Waals surface area contributed by atoms with Crippen molar-refractivity contribution in [3.63, 3.8) is 0 Å². The van der Waals surface area contributed by atoms with Crippen molar-refractivity contribution in [1.82, 2.24) is 5.32 Å². The van der Waals surface area contributed by atoms with E-state index in [0.717, 1.165) is 0 Å². The molecule has 0 saturated carbocycles. The van der Waals surface area contributed by atoms with Gasteiger partial charge in [0.2, 0.25) is 5.91 Å². The van der Waals surface area contributed by atoms with Crippen molar-refractivity contribution < 1.29 is 24.5 Å². The minimum absolute atomic E-state index is 0.167. The van der Waals surface area contributed by atoms with E-state index in [1.54, 1.807) is 0 Å². The highest BCUT2D eigenvalue weighted by molar-refractivity contribution is 5.77. The molecule has 0 bridgehead atoms. The van der Waals surface area contributed by atoms with E-state index in [-0.39, 0.29) is 18.9 Å². The van der Waals surface area contributed by atoms with Crippen molar-refractivity contribution >= 4 is 11.9 Å². The molecule has 0 aliphatic carbocycles. The maximum atomic E-state index is 10.9. The number of carbonyl (C=O) groups is 2. The number of aliphatic carboxylic acids is 1. The molecular weight excluding hydrogens is 190 g/mol. The van der Waals surface area contributed by atoms with Gasteiger partial charge in [-0.3, -0.25) is 4.79 Å². The molecule has 0 rings (SSSR count). The predicted molar refractivity (Wildman–Crippen MR) is 47.8 cm³/mol. The number of amides is 1. The molecule has 0 fully saturated rings. The lowest BCUT2D eigenvalue weighted by Gasteiger charge is -2.07. The van der Waals surface area contributed by atoms with Gasteiger partial charge in [0.15, 0.2) is 6.10 Å². The molecule has 6 nitrogen and oxygen atoms in total. The Labute approximate surface area is 81.9 Å². The highest BCUT2D eigenvalue weighted by Crippen LogP contribution is 1.85. The number of aliphatic hydroxyl groups excluding tert-OH is 1. The molecule has 1 amide bonds. The van der Waals surface area contributed by atoms with E-state index in [4.69, 9.17) is 14.9 Å². The smallest absolute Gasteiger partial charge is 0.334 e. The second kappa shape index (κ2) is 7.28. The first-order valence-corrected chi connectivity index (χ1v) is 4.33. The summed E-state index contributed by atoms with van der Waals surface area (Å²) in [5.74, 6) is -1.69. The highest BCUT2D eigenvalue weighted by atomic mass is 16.5. The number of carboxylic acids is 1. The van der Waals surface area contributed by atoms with Gasteiger partial charge in [-0.1, -0.05) is 0 Å². The summed E-state index contributed by atoms with van der Waals surface area (Å²) in [4.78, 5) is 21.1. The van der Waals surface area contributed by atoms with Gasteiger partial charge in [-0.15, -0.1) is 0 Å². The van der Waals surface area contributed by atoms with Crippen LogP contribution >= 0.6 is 0 Å². The molecule has 0 unspecified atom stereocenters. The first kappa shape index (κ1) is 12.9. The van der Waals surface area contributed by atoms with Crippen LogP contribution in [0.3, 0.4) is 0 Å². The Kier molecular flexibility index (Phi) is 6.69. The van der Waals surface area contributed by atoms with Gasteiger partial charge in [0, 0.05) is 13.0 Å². The van der Waals surface area contributed by atoms with Crippen LogP contribution in [0.25, 0.3) is 0 Å². The Morgan fingerprint density at radius 1 is 1.50 bits per heavy atom. The largest absolute Gasteiger partial charge is 0.479 e. The number of hydrogen-bond acceptors (Lipinski definition) is 4. The maximum absolute atomic E-state index is 10.9. The summed E-state index contributed by atoms with van der Waals surface area (Å²) in [6.07, 6.45) is -1.38. The molecule has 3 N–H and O–H groups in total. The van der Waals surface area contributed by atoms with E-state index < -0.39 is 12.1 Å². The van der Waals surface area contributed by atoms with Gasteiger partial charge in [-0.2, -0.15) is 0 Å². The van der Waals surface area contributed by atoms with Crippen LogP contribution in [-0.2, 0) is 14.3 Å². The number of carbonyl (C=O) groups excluding carboxylic acids is 1. The SMILES string of the molecule is CCOCCC(=O)NC[C@H](O)C(=O)O. The van der Waals surface area contributed by atoms with Gasteiger partial charge in [-0.05, 0) is 6.92 Å². The van der Waals surface area contributed by atoms with Gasteiger partial charge in [-0.25, -0.2) is 4.79 Å². The minimum atomic E-state index is -1.55. The quantitative estimate of drug-likeness (QED) is 0.462. The summed E-state index contributed by atoms with van der Waals surface area (Å²) in [5.41, 5.74) is 0. The van der Waals surface area contributed by atoms with Crippen LogP contribution in [0, 0.1) is 0 Å². The molecular formula is C8H15NO5. The monoisotopic (exact) mass is 205 g/mol. The minimum Gasteiger partial charge on any atom is -0.479 e. The summed E-state index contributed by atoms with van der Waals surface area (Å²) in [6.45, 7) is 2.36. The van der Waals surface area contributed by atoms with Crippen LogP contribution in [0.4, 0.5) is 0 Å². The average Bonchev–Trinajstić information content (AvgIpc) is 2.14. The molecule has 0 radical (unpaired) electrons. The van der Waals surface area contributed by atoms with Crippen molar-refractivity contribution in [1.29, 1.82) is 0 Å². The van der Waals surface area contributed by atoms with E-state index in [2.05, 4.69) is 5.32 Å². The van der Waals surface area contributed by atoms with Crippen molar-refractivity contribution in [2.45, 2.75) is 19.4 Å². The van der Waals surface area contributed by atoms with Crippen molar-refractivity contribution in [3.8, 4) is 0 Å². The van der Waals surface area contributed by atoms with Gasteiger partial charge in [0.05, 0.1) is 13.2 Å². The Hall–Kier alpha value is -1.14. The second-order valence-electron chi connectivity index (χ2n) is 2.61. The summed E-state index contributed by atoms with van der Waals surface area (Å²) >= 11 is 0. The number of ether oxygens (including phenoxy) is 1. The van der Waals surface area contributed by atoms with Crippen molar-refractivity contribution in [2.75, 3.05) is 19.8 Å². The third kappa shape index (κ3) is 6.38. The molecule has 0 aliphatic rings. The zero-order chi connectivity index (χ0) is 11.0.